The molecule has 6 nitrogen and oxygen atoms in total. The van der Waals surface area contributed by atoms with Crippen LogP contribution >= 0.6 is 0 Å². The van der Waals surface area contributed by atoms with Crippen molar-refractivity contribution in [2.75, 3.05) is 18.8 Å². The first-order chi connectivity index (χ1) is 10.00. The zero-order valence-electron chi connectivity index (χ0n) is 12.1. The molecule has 2 N–H and O–H groups in total. The summed E-state index contributed by atoms with van der Waals surface area (Å²) in [7, 11) is -3.61. The molecule has 1 saturated heterocycles. The lowest BCUT2D eigenvalue weighted by Gasteiger charge is -2.19. The monoisotopic (exact) mass is 308 g/mol. The smallest absolute Gasteiger partial charge is 0.262 e. The largest absolute Gasteiger partial charge is 0.381 e. The number of fused-ring (bicyclic) bond motifs is 1. The third kappa shape index (κ3) is 2.51. The summed E-state index contributed by atoms with van der Waals surface area (Å²) < 4.78 is 29.0. The third-order valence-corrected chi connectivity index (χ3v) is 6.01. The Morgan fingerprint density at radius 1 is 1.29 bits per heavy atom. The molecule has 1 unspecified atom stereocenters. The van der Waals surface area contributed by atoms with Gasteiger partial charge in [0.1, 0.15) is 5.65 Å². The van der Waals surface area contributed by atoms with E-state index in [0.717, 1.165) is 19.3 Å². The second-order valence-electron chi connectivity index (χ2n) is 5.67. The van der Waals surface area contributed by atoms with Crippen LogP contribution in [0, 0.1) is 5.92 Å². The van der Waals surface area contributed by atoms with E-state index in [2.05, 4.69) is 11.9 Å². The number of hydrogen-bond donors (Lipinski definition) is 1. The average Bonchev–Trinajstić information content (AvgIpc) is 2.62. The van der Waals surface area contributed by atoms with Crippen molar-refractivity contribution in [3.63, 3.8) is 0 Å². The predicted octanol–water partition coefficient (Wildman–Crippen LogP) is 1.73. The van der Waals surface area contributed by atoms with Crippen LogP contribution in [0.2, 0.25) is 0 Å². The Morgan fingerprint density at radius 3 is 2.90 bits per heavy atom. The van der Waals surface area contributed by atoms with Gasteiger partial charge in [0.2, 0.25) is 0 Å². The van der Waals surface area contributed by atoms with Gasteiger partial charge in [-0.25, -0.2) is 13.4 Å². The van der Waals surface area contributed by atoms with E-state index in [1.807, 2.05) is 6.07 Å². The summed E-state index contributed by atoms with van der Waals surface area (Å²) in [5, 5.41) is 0.0904. The van der Waals surface area contributed by atoms with Crippen LogP contribution in [0.1, 0.15) is 26.2 Å². The maximum absolute atomic E-state index is 12.9. The van der Waals surface area contributed by atoms with E-state index < -0.39 is 10.0 Å². The highest BCUT2D eigenvalue weighted by molar-refractivity contribution is 7.89. The van der Waals surface area contributed by atoms with Crippen molar-refractivity contribution in [3.8, 4) is 0 Å². The van der Waals surface area contributed by atoms with E-state index in [0.29, 0.717) is 24.7 Å². The number of sulfonamides is 1. The van der Waals surface area contributed by atoms with Crippen molar-refractivity contribution < 1.29 is 8.42 Å². The van der Waals surface area contributed by atoms with Gasteiger partial charge in [-0.3, -0.25) is 4.40 Å². The van der Waals surface area contributed by atoms with E-state index in [9.17, 15) is 8.42 Å². The number of aromatic nitrogens is 2. The van der Waals surface area contributed by atoms with Gasteiger partial charge in [0.05, 0.1) is 0 Å². The maximum atomic E-state index is 12.9. The summed E-state index contributed by atoms with van der Waals surface area (Å²) in [5.41, 5.74) is 6.43. The van der Waals surface area contributed by atoms with E-state index in [4.69, 9.17) is 5.73 Å². The van der Waals surface area contributed by atoms with E-state index in [-0.39, 0.29) is 10.8 Å². The summed E-state index contributed by atoms with van der Waals surface area (Å²) in [5.74, 6) is 0.628. The number of imidazole rings is 1. The second-order valence-corrected chi connectivity index (χ2v) is 7.52. The van der Waals surface area contributed by atoms with Gasteiger partial charge >= 0.3 is 0 Å². The molecule has 21 heavy (non-hydrogen) atoms. The van der Waals surface area contributed by atoms with Gasteiger partial charge in [-0.2, -0.15) is 4.31 Å². The van der Waals surface area contributed by atoms with Crippen molar-refractivity contribution in [1.29, 1.82) is 0 Å². The SMILES string of the molecule is CC1CCCN(S(=O)(=O)c2c(N)nc3ccccn23)CC1. The Bertz CT molecular complexity index is 753. The summed E-state index contributed by atoms with van der Waals surface area (Å²) in [6, 6.07) is 5.34. The van der Waals surface area contributed by atoms with E-state index in [1.165, 1.54) is 0 Å². The number of nitrogens with two attached hydrogens (primary N) is 1. The lowest BCUT2D eigenvalue weighted by Crippen LogP contribution is -2.33. The summed E-state index contributed by atoms with van der Waals surface area (Å²) in [6.07, 6.45) is 4.52. The minimum atomic E-state index is -3.61. The molecule has 0 aliphatic carbocycles. The van der Waals surface area contributed by atoms with Crippen LogP contribution in [0.4, 0.5) is 5.82 Å². The average molecular weight is 308 g/mol. The highest BCUT2D eigenvalue weighted by Crippen LogP contribution is 2.27. The van der Waals surface area contributed by atoms with Crippen molar-refractivity contribution >= 4 is 21.5 Å². The highest BCUT2D eigenvalue weighted by Gasteiger charge is 2.31. The molecule has 0 spiro atoms. The normalized spacial score (nSPS) is 21.5. The molecule has 0 radical (unpaired) electrons. The Labute approximate surface area is 124 Å². The Morgan fingerprint density at radius 2 is 2.10 bits per heavy atom. The van der Waals surface area contributed by atoms with E-state index >= 15 is 0 Å². The first-order valence-electron chi connectivity index (χ1n) is 7.23. The molecular weight excluding hydrogens is 288 g/mol. The zero-order valence-corrected chi connectivity index (χ0v) is 12.9. The summed E-state index contributed by atoms with van der Waals surface area (Å²) in [6.45, 7) is 3.26. The number of nitrogens with zero attached hydrogens (tertiary/aromatic N) is 3. The Hall–Kier alpha value is -1.60. The van der Waals surface area contributed by atoms with Crippen LogP contribution in [-0.4, -0.2) is 35.2 Å². The fourth-order valence-electron chi connectivity index (χ4n) is 2.85. The summed E-state index contributed by atoms with van der Waals surface area (Å²) >= 11 is 0. The topological polar surface area (TPSA) is 80.7 Å². The number of anilines is 1. The molecule has 1 fully saturated rings. The molecule has 114 valence electrons. The standard InChI is InChI=1S/C14H20N4O2S/c1-11-5-4-8-17(10-7-11)21(19,20)14-13(15)16-12-6-2-3-9-18(12)14/h2-3,6,9,11H,4-5,7-8,10,15H2,1H3. The Kier molecular flexibility index (Phi) is 3.62. The summed E-state index contributed by atoms with van der Waals surface area (Å²) in [4.78, 5) is 4.15. The lowest BCUT2D eigenvalue weighted by molar-refractivity contribution is 0.414. The predicted molar refractivity (Wildman–Crippen MR) is 81.4 cm³/mol. The van der Waals surface area contributed by atoms with Gasteiger partial charge in [-0.05, 0) is 37.3 Å². The first-order valence-corrected chi connectivity index (χ1v) is 8.67. The fourth-order valence-corrected chi connectivity index (χ4v) is 4.52. The van der Waals surface area contributed by atoms with Crippen molar-refractivity contribution in [1.82, 2.24) is 13.7 Å². The zero-order chi connectivity index (χ0) is 15.0. The lowest BCUT2D eigenvalue weighted by atomic mass is 10.0. The van der Waals surface area contributed by atoms with Crippen LogP contribution in [0.3, 0.4) is 0 Å². The molecule has 3 rings (SSSR count). The minimum Gasteiger partial charge on any atom is -0.381 e. The third-order valence-electron chi connectivity index (χ3n) is 4.07. The fraction of sp³-hybridized carbons (Fsp3) is 0.500. The molecule has 2 aromatic rings. The van der Waals surface area contributed by atoms with Crippen LogP contribution in [0.15, 0.2) is 29.4 Å². The van der Waals surface area contributed by atoms with Crippen molar-refractivity contribution in [2.24, 2.45) is 5.92 Å². The molecule has 0 amide bonds. The van der Waals surface area contributed by atoms with Gasteiger partial charge in [-0.1, -0.05) is 13.0 Å². The van der Waals surface area contributed by atoms with Crippen molar-refractivity contribution in [3.05, 3.63) is 24.4 Å². The van der Waals surface area contributed by atoms with Gasteiger partial charge in [0, 0.05) is 19.3 Å². The molecule has 1 aliphatic heterocycles. The van der Waals surface area contributed by atoms with Gasteiger partial charge in [0.25, 0.3) is 10.0 Å². The number of nitrogen functional groups attached to an aromatic ring is 1. The minimum absolute atomic E-state index is 0.0681. The molecule has 2 aromatic heterocycles. The van der Waals surface area contributed by atoms with Crippen molar-refractivity contribution in [2.45, 2.75) is 31.2 Å². The molecule has 7 heteroatoms. The van der Waals surface area contributed by atoms with Gasteiger partial charge < -0.3 is 5.73 Å². The van der Waals surface area contributed by atoms with Crippen LogP contribution in [0.25, 0.3) is 5.65 Å². The Balaban J connectivity index is 2.06. The van der Waals surface area contributed by atoms with Gasteiger partial charge in [0.15, 0.2) is 10.8 Å². The maximum Gasteiger partial charge on any atom is 0.262 e. The molecule has 1 aliphatic rings. The molecule has 0 bridgehead atoms. The molecule has 0 aromatic carbocycles. The van der Waals surface area contributed by atoms with E-state index in [1.54, 1.807) is 27.0 Å². The number of rotatable bonds is 2. The van der Waals surface area contributed by atoms with Crippen LogP contribution in [-0.2, 0) is 10.0 Å². The number of hydrogen-bond acceptors (Lipinski definition) is 4. The molecule has 1 atom stereocenters. The molecular formula is C14H20N4O2S. The number of pyridine rings is 1. The molecule has 3 heterocycles. The second kappa shape index (κ2) is 5.31. The molecule has 0 saturated carbocycles. The van der Waals surface area contributed by atoms with Crippen LogP contribution < -0.4 is 5.73 Å². The van der Waals surface area contributed by atoms with Gasteiger partial charge in [-0.15, -0.1) is 0 Å². The first kappa shape index (κ1) is 14.3. The quantitative estimate of drug-likeness (QED) is 0.916. The highest BCUT2D eigenvalue weighted by atomic mass is 32.2. The van der Waals surface area contributed by atoms with Crippen LogP contribution in [0.5, 0.6) is 0 Å².